The Balaban J connectivity index is 1.67. The highest BCUT2D eigenvalue weighted by Gasteiger charge is 2.39. The molecule has 0 radical (unpaired) electrons. The molecule has 2 aliphatic heterocycles. The van der Waals surface area contributed by atoms with E-state index in [-0.39, 0.29) is 47.8 Å². The summed E-state index contributed by atoms with van der Waals surface area (Å²) in [6.45, 7) is 9.16. The molecule has 3 amide bonds. The van der Waals surface area contributed by atoms with Gasteiger partial charge in [-0.2, -0.15) is 0 Å². The molecule has 2 heterocycles. The third kappa shape index (κ3) is 6.16. The van der Waals surface area contributed by atoms with E-state index in [0.717, 1.165) is 0 Å². The summed E-state index contributed by atoms with van der Waals surface area (Å²) >= 11 is 12.4. The quantitative estimate of drug-likeness (QED) is 0.345. The van der Waals surface area contributed by atoms with Crippen LogP contribution in [-0.4, -0.2) is 78.0 Å². The minimum atomic E-state index is -0.821. The number of hydrogen-bond donors (Lipinski definition) is 1. The summed E-state index contributed by atoms with van der Waals surface area (Å²) in [6.07, 6.45) is 1.58. The van der Waals surface area contributed by atoms with E-state index >= 15 is 0 Å². The zero-order valence-electron chi connectivity index (χ0n) is 22.3. The standard InChI is InChI=1S/C29H31Cl2FN4O4/c1-4-12-36-24(17-34-13-14-35(18(3)16-34)27(37)20-8-6-7-9-23(20)32)25(28(38)40-5-2)26(33-29(36)39)19-10-11-21(30)22(31)15-19/h4,6-11,15,18,26H,1,5,12-14,16-17H2,2-3H3,(H,33,39). The number of hydrogen-bond acceptors (Lipinski definition) is 5. The van der Waals surface area contributed by atoms with Crippen molar-refractivity contribution < 1.29 is 23.5 Å². The molecule has 2 aromatic carbocycles. The minimum Gasteiger partial charge on any atom is -0.463 e. The van der Waals surface area contributed by atoms with Crippen LogP contribution in [0.15, 0.2) is 66.4 Å². The summed E-state index contributed by atoms with van der Waals surface area (Å²) in [6, 6.07) is 9.38. The molecule has 0 bridgehead atoms. The van der Waals surface area contributed by atoms with E-state index in [1.54, 1.807) is 48.2 Å². The molecule has 0 aromatic heterocycles. The van der Waals surface area contributed by atoms with Crippen LogP contribution in [0.4, 0.5) is 9.18 Å². The molecule has 1 N–H and O–H groups in total. The summed E-state index contributed by atoms with van der Waals surface area (Å²) in [4.78, 5) is 44.9. The van der Waals surface area contributed by atoms with Crippen LogP contribution in [0, 0.1) is 5.82 Å². The number of rotatable bonds is 8. The molecular formula is C29H31Cl2FN4O4. The molecule has 212 valence electrons. The molecule has 11 heteroatoms. The summed E-state index contributed by atoms with van der Waals surface area (Å²) < 4.78 is 19.7. The van der Waals surface area contributed by atoms with E-state index in [4.69, 9.17) is 27.9 Å². The van der Waals surface area contributed by atoms with Gasteiger partial charge in [0.15, 0.2) is 0 Å². The van der Waals surface area contributed by atoms with Crippen LogP contribution in [0.1, 0.15) is 35.8 Å². The Morgan fingerprint density at radius 2 is 1.93 bits per heavy atom. The number of nitrogens with one attached hydrogen (secondary N) is 1. The number of carbonyl (C=O) groups is 3. The van der Waals surface area contributed by atoms with Crippen molar-refractivity contribution in [3.05, 3.63) is 93.4 Å². The number of ether oxygens (including phenoxy) is 1. The van der Waals surface area contributed by atoms with Crippen molar-refractivity contribution >= 4 is 41.1 Å². The molecular weight excluding hydrogens is 558 g/mol. The first kappa shape index (κ1) is 29.6. The zero-order valence-corrected chi connectivity index (χ0v) is 23.8. The van der Waals surface area contributed by atoms with Gasteiger partial charge in [0, 0.05) is 44.5 Å². The Labute approximate surface area is 243 Å². The molecule has 1 fully saturated rings. The summed E-state index contributed by atoms with van der Waals surface area (Å²) in [5.41, 5.74) is 1.36. The SMILES string of the molecule is C=CCN1C(=O)NC(c2ccc(Cl)c(Cl)c2)C(C(=O)OCC)=C1CN1CCN(C(=O)c2ccccc2F)C(C)C1. The smallest absolute Gasteiger partial charge is 0.338 e. The molecule has 2 atom stereocenters. The zero-order chi connectivity index (χ0) is 29.0. The Morgan fingerprint density at radius 1 is 1.18 bits per heavy atom. The van der Waals surface area contributed by atoms with Gasteiger partial charge in [-0.25, -0.2) is 14.0 Å². The van der Waals surface area contributed by atoms with Crippen LogP contribution in [-0.2, 0) is 9.53 Å². The van der Waals surface area contributed by atoms with Gasteiger partial charge in [0.05, 0.1) is 33.8 Å². The second kappa shape index (κ2) is 12.8. The number of amides is 3. The average Bonchev–Trinajstić information content (AvgIpc) is 2.92. The number of piperazine rings is 1. The highest BCUT2D eigenvalue weighted by atomic mass is 35.5. The van der Waals surface area contributed by atoms with Crippen molar-refractivity contribution in [3.63, 3.8) is 0 Å². The lowest BCUT2D eigenvalue weighted by Crippen LogP contribution is -2.56. The van der Waals surface area contributed by atoms with Crippen molar-refractivity contribution in [1.29, 1.82) is 0 Å². The lowest BCUT2D eigenvalue weighted by atomic mass is 9.94. The molecule has 0 saturated carbocycles. The number of urea groups is 1. The maximum Gasteiger partial charge on any atom is 0.338 e. The largest absolute Gasteiger partial charge is 0.463 e. The fraction of sp³-hybridized carbons (Fsp3) is 0.345. The fourth-order valence-electron chi connectivity index (χ4n) is 5.07. The number of halogens is 3. The molecule has 2 aliphatic rings. The van der Waals surface area contributed by atoms with Gasteiger partial charge >= 0.3 is 12.0 Å². The van der Waals surface area contributed by atoms with Gasteiger partial charge < -0.3 is 15.0 Å². The van der Waals surface area contributed by atoms with Crippen molar-refractivity contribution in [2.24, 2.45) is 0 Å². The fourth-order valence-corrected chi connectivity index (χ4v) is 5.37. The number of esters is 1. The van der Waals surface area contributed by atoms with E-state index in [1.165, 1.54) is 17.0 Å². The summed E-state index contributed by atoms with van der Waals surface area (Å²) in [7, 11) is 0. The molecule has 1 saturated heterocycles. The maximum absolute atomic E-state index is 14.3. The van der Waals surface area contributed by atoms with E-state index in [2.05, 4.69) is 16.8 Å². The number of carbonyl (C=O) groups excluding carboxylic acids is 3. The van der Waals surface area contributed by atoms with Gasteiger partial charge in [-0.15, -0.1) is 6.58 Å². The maximum atomic E-state index is 14.3. The molecule has 4 rings (SSSR count). The van der Waals surface area contributed by atoms with Crippen LogP contribution in [0.2, 0.25) is 10.0 Å². The van der Waals surface area contributed by atoms with Crippen LogP contribution in [0.5, 0.6) is 0 Å². The highest BCUT2D eigenvalue weighted by Crippen LogP contribution is 2.35. The number of benzene rings is 2. The molecule has 2 unspecified atom stereocenters. The second-order valence-corrected chi connectivity index (χ2v) is 10.4. The molecule has 40 heavy (non-hydrogen) atoms. The van der Waals surface area contributed by atoms with E-state index in [0.29, 0.717) is 35.9 Å². The topological polar surface area (TPSA) is 82.2 Å². The van der Waals surface area contributed by atoms with Gasteiger partial charge in [0.2, 0.25) is 0 Å². The van der Waals surface area contributed by atoms with Crippen molar-refractivity contribution in [2.75, 3.05) is 39.3 Å². The third-order valence-corrected chi connectivity index (χ3v) is 7.71. The van der Waals surface area contributed by atoms with Gasteiger partial charge in [-0.05, 0) is 43.7 Å². The Morgan fingerprint density at radius 3 is 2.58 bits per heavy atom. The summed E-state index contributed by atoms with van der Waals surface area (Å²) in [5, 5.41) is 3.53. The van der Waals surface area contributed by atoms with Crippen LogP contribution >= 0.6 is 23.2 Å². The molecule has 8 nitrogen and oxygen atoms in total. The van der Waals surface area contributed by atoms with Gasteiger partial charge in [0.1, 0.15) is 5.82 Å². The summed E-state index contributed by atoms with van der Waals surface area (Å²) in [5.74, 6) is -1.50. The molecule has 0 aliphatic carbocycles. The minimum absolute atomic E-state index is 0.0284. The van der Waals surface area contributed by atoms with Crippen molar-refractivity contribution in [2.45, 2.75) is 25.9 Å². The van der Waals surface area contributed by atoms with Crippen LogP contribution < -0.4 is 5.32 Å². The molecule has 2 aromatic rings. The predicted molar refractivity (Wildman–Crippen MR) is 152 cm³/mol. The number of nitrogens with zero attached hydrogens (tertiary/aromatic N) is 3. The Hall–Kier alpha value is -3.40. The normalized spacial score (nSPS) is 19.9. The highest BCUT2D eigenvalue weighted by molar-refractivity contribution is 6.42. The first-order chi connectivity index (χ1) is 19.2. The monoisotopic (exact) mass is 588 g/mol. The predicted octanol–water partition coefficient (Wildman–Crippen LogP) is 5.05. The lowest BCUT2D eigenvalue weighted by molar-refractivity contribution is -0.139. The van der Waals surface area contributed by atoms with Gasteiger partial charge in [0.25, 0.3) is 5.91 Å². The van der Waals surface area contributed by atoms with E-state index in [9.17, 15) is 18.8 Å². The lowest BCUT2D eigenvalue weighted by Gasteiger charge is -2.43. The van der Waals surface area contributed by atoms with E-state index < -0.39 is 23.9 Å². The first-order valence-electron chi connectivity index (χ1n) is 13.0. The molecule has 0 spiro atoms. The van der Waals surface area contributed by atoms with Gasteiger partial charge in [-0.3, -0.25) is 14.6 Å². The average molecular weight is 589 g/mol. The van der Waals surface area contributed by atoms with Gasteiger partial charge in [-0.1, -0.05) is 47.5 Å². The Kier molecular flexibility index (Phi) is 9.50. The van der Waals surface area contributed by atoms with Crippen molar-refractivity contribution in [1.82, 2.24) is 20.0 Å². The third-order valence-electron chi connectivity index (χ3n) is 6.97. The Bertz CT molecular complexity index is 1350. The first-order valence-corrected chi connectivity index (χ1v) is 13.7. The van der Waals surface area contributed by atoms with Crippen LogP contribution in [0.3, 0.4) is 0 Å². The van der Waals surface area contributed by atoms with Crippen molar-refractivity contribution in [3.8, 4) is 0 Å². The van der Waals surface area contributed by atoms with Crippen LogP contribution in [0.25, 0.3) is 0 Å². The second-order valence-electron chi connectivity index (χ2n) is 9.60. The van der Waals surface area contributed by atoms with E-state index in [1.807, 2.05) is 6.92 Å².